The first-order valence-corrected chi connectivity index (χ1v) is 5.88. The Morgan fingerprint density at radius 3 is 2.41 bits per heavy atom. The molecule has 1 saturated heterocycles. The number of carbonyl (C=O) groups excluding carboxylic acids is 2. The summed E-state index contributed by atoms with van der Waals surface area (Å²) in [4.78, 5) is 25.0. The molecule has 1 heterocycles. The third kappa shape index (κ3) is 3.58. The molecule has 0 spiro atoms. The molecule has 0 N–H and O–H groups in total. The van der Waals surface area contributed by atoms with Crippen molar-refractivity contribution < 1.29 is 14.3 Å². The van der Waals surface area contributed by atoms with Crippen LogP contribution >= 0.6 is 0 Å². The predicted octanol–water partition coefficient (Wildman–Crippen LogP) is 2.53. The highest BCUT2D eigenvalue weighted by Crippen LogP contribution is 2.25. The lowest BCUT2D eigenvalue weighted by molar-refractivity contribution is -0.121. The molecule has 1 atom stereocenters. The summed E-state index contributed by atoms with van der Waals surface area (Å²) in [6.45, 7) is 9.39. The van der Waals surface area contributed by atoms with E-state index in [4.69, 9.17) is 4.74 Å². The Morgan fingerprint density at radius 2 is 2.00 bits per heavy atom. The third-order valence-corrected chi connectivity index (χ3v) is 2.71. The van der Waals surface area contributed by atoms with Gasteiger partial charge in [-0.3, -0.25) is 9.69 Å². The van der Waals surface area contributed by atoms with Gasteiger partial charge < -0.3 is 4.74 Å². The number of hydrogen-bond acceptors (Lipinski definition) is 3. The molecule has 0 aromatic heterocycles. The molecule has 4 nitrogen and oxygen atoms in total. The molecule has 0 aromatic carbocycles. The van der Waals surface area contributed by atoms with Crippen LogP contribution in [0.4, 0.5) is 4.79 Å². The Labute approximate surface area is 103 Å². The number of Topliss-reactive ketones (excluding diaryl/α,β-unsaturated/α-hetero) is 1. The second-order valence-electron chi connectivity index (χ2n) is 5.39. The second-order valence-corrected chi connectivity index (χ2v) is 5.39. The molecule has 17 heavy (non-hydrogen) atoms. The van der Waals surface area contributed by atoms with Crippen LogP contribution in [0.15, 0.2) is 11.6 Å². The Balaban J connectivity index is 2.81. The van der Waals surface area contributed by atoms with Gasteiger partial charge in [-0.15, -0.1) is 0 Å². The molecule has 1 rings (SSSR count). The number of rotatable bonds is 1. The summed E-state index contributed by atoms with van der Waals surface area (Å²) >= 11 is 0. The Morgan fingerprint density at radius 1 is 1.41 bits per heavy atom. The fourth-order valence-corrected chi connectivity index (χ4v) is 1.84. The van der Waals surface area contributed by atoms with E-state index in [9.17, 15) is 9.59 Å². The highest BCUT2D eigenvalue weighted by molar-refractivity contribution is 5.87. The normalized spacial score (nSPS) is 23.0. The molecule has 0 bridgehead atoms. The van der Waals surface area contributed by atoms with Crippen LogP contribution in [-0.4, -0.2) is 35.0 Å². The van der Waals surface area contributed by atoms with Gasteiger partial charge >= 0.3 is 6.09 Å². The van der Waals surface area contributed by atoms with Crippen LogP contribution in [0.25, 0.3) is 0 Å². The Bertz CT molecular complexity index is 352. The lowest BCUT2D eigenvalue weighted by Crippen LogP contribution is -2.42. The van der Waals surface area contributed by atoms with E-state index in [0.29, 0.717) is 13.0 Å². The smallest absolute Gasteiger partial charge is 0.411 e. The van der Waals surface area contributed by atoms with Crippen LogP contribution in [0.3, 0.4) is 0 Å². The van der Waals surface area contributed by atoms with Crippen LogP contribution in [-0.2, 0) is 9.53 Å². The van der Waals surface area contributed by atoms with Crippen molar-refractivity contribution in [3.8, 4) is 0 Å². The number of ether oxygens (including phenoxy) is 1. The first-order valence-electron chi connectivity index (χ1n) is 5.88. The second kappa shape index (κ2) is 4.90. The van der Waals surface area contributed by atoms with Gasteiger partial charge in [-0.05, 0) is 41.0 Å². The van der Waals surface area contributed by atoms with Crippen molar-refractivity contribution in [3.63, 3.8) is 0 Å². The Hall–Kier alpha value is -1.32. The molecule has 1 aliphatic rings. The molecule has 0 aliphatic carbocycles. The van der Waals surface area contributed by atoms with E-state index >= 15 is 0 Å². The molecule has 0 aromatic rings. The largest absolute Gasteiger partial charge is 0.444 e. The van der Waals surface area contributed by atoms with Crippen LogP contribution < -0.4 is 0 Å². The highest BCUT2D eigenvalue weighted by atomic mass is 16.6. The van der Waals surface area contributed by atoms with Gasteiger partial charge in [0.15, 0.2) is 5.78 Å². The number of likely N-dealkylation sites (tertiary alicyclic amines) is 1. The number of nitrogens with zero attached hydrogens (tertiary/aromatic N) is 1. The average molecular weight is 239 g/mol. The third-order valence-electron chi connectivity index (χ3n) is 2.71. The van der Waals surface area contributed by atoms with E-state index in [0.717, 1.165) is 5.57 Å². The first kappa shape index (κ1) is 13.7. The van der Waals surface area contributed by atoms with Gasteiger partial charge in [0.05, 0.1) is 6.04 Å². The lowest BCUT2D eigenvalue weighted by Gasteiger charge is -2.27. The average Bonchev–Trinajstić information content (AvgIpc) is 2.58. The predicted molar refractivity (Wildman–Crippen MR) is 65.8 cm³/mol. The minimum atomic E-state index is -0.531. The van der Waals surface area contributed by atoms with E-state index in [-0.39, 0.29) is 11.8 Å². The molecule has 1 fully saturated rings. The zero-order valence-corrected chi connectivity index (χ0v) is 11.2. The van der Waals surface area contributed by atoms with Crippen LogP contribution in [0.1, 0.15) is 41.0 Å². The SMILES string of the molecule is C/C=C1\C[C@@H](C(C)=O)N(C(=O)OC(C)(C)C)C1. The molecule has 0 radical (unpaired) electrons. The van der Waals surface area contributed by atoms with E-state index in [1.54, 1.807) is 0 Å². The van der Waals surface area contributed by atoms with Crippen molar-refractivity contribution in [3.05, 3.63) is 11.6 Å². The van der Waals surface area contributed by atoms with E-state index in [1.807, 2.05) is 33.8 Å². The van der Waals surface area contributed by atoms with Gasteiger partial charge in [-0.2, -0.15) is 0 Å². The lowest BCUT2D eigenvalue weighted by atomic mass is 10.1. The summed E-state index contributed by atoms with van der Waals surface area (Å²) in [6.07, 6.45) is 2.18. The zero-order valence-electron chi connectivity index (χ0n) is 11.2. The Kier molecular flexibility index (Phi) is 3.96. The maximum absolute atomic E-state index is 12.0. The summed E-state index contributed by atoms with van der Waals surface area (Å²) < 4.78 is 5.30. The topological polar surface area (TPSA) is 46.6 Å². The van der Waals surface area contributed by atoms with Crippen molar-refractivity contribution in [1.29, 1.82) is 0 Å². The van der Waals surface area contributed by atoms with E-state index in [1.165, 1.54) is 11.8 Å². The van der Waals surface area contributed by atoms with Crippen molar-refractivity contribution in [1.82, 2.24) is 4.90 Å². The molecule has 96 valence electrons. The summed E-state index contributed by atoms with van der Waals surface area (Å²) in [5, 5.41) is 0. The zero-order chi connectivity index (χ0) is 13.2. The summed E-state index contributed by atoms with van der Waals surface area (Å²) in [7, 11) is 0. The van der Waals surface area contributed by atoms with Crippen molar-refractivity contribution >= 4 is 11.9 Å². The maximum atomic E-state index is 12.0. The molecule has 1 aliphatic heterocycles. The molecular formula is C13H21NO3. The monoisotopic (exact) mass is 239 g/mol. The number of hydrogen-bond donors (Lipinski definition) is 0. The number of amides is 1. The van der Waals surface area contributed by atoms with Crippen molar-refractivity contribution in [2.24, 2.45) is 0 Å². The first-order chi connectivity index (χ1) is 7.74. The molecule has 0 unspecified atom stereocenters. The minimum absolute atomic E-state index is 0.00714. The van der Waals surface area contributed by atoms with Gasteiger partial charge in [-0.1, -0.05) is 11.6 Å². The van der Waals surface area contributed by atoms with Gasteiger partial charge in [0.25, 0.3) is 0 Å². The van der Waals surface area contributed by atoms with Gasteiger partial charge in [0.2, 0.25) is 0 Å². The van der Waals surface area contributed by atoms with Crippen LogP contribution in [0.2, 0.25) is 0 Å². The maximum Gasteiger partial charge on any atom is 0.411 e. The summed E-state index contributed by atoms with van der Waals surface area (Å²) in [5.41, 5.74) is 0.577. The van der Waals surface area contributed by atoms with Crippen molar-refractivity contribution in [2.45, 2.75) is 52.7 Å². The summed E-state index contributed by atoms with van der Waals surface area (Å²) in [6, 6.07) is -0.365. The summed E-state index contributed by atoms with van der Waals surface area (Å²) in [5.74, 6) is 0.00714. The number of ketones is 1. The number of allylic oxidation sites excluding steroid dienone is 1. The number of carbonyl (C=O) groups is 2. The molecular weight excluding hydrogens is 218 g/mol. The highest BCUT2D eigenvalue weighted by Gasteiger charge is 2.36. The van der Waals surface area contributed by atoms with Crippen LogP contribution in [0, 0.1) is 0 Å². The quantitative estimate of drug-likeness (QED) is 0.660. The fraction of sp³-hybridized carbons (Fsp3) is 0.692. The molecule has 0 saturated carbocycles. The van der Waals surface area contributed by atoms with Gasteiger partial charge in [0, 0.05) is 6.54 Å². The minimum Gasteiger partial charge on any atom is -0.444 e. The molecule has 1 amide bonds. The van der Waals surface area contributed by atoms with E-state index in [2.05, 4.69) is 0 Å². The van der Waals surface area contributed by atoms with Crippen LogP contribution in [0.5, 0.6) is 0 Å². The molecule has 4 heteroatoms. The van der Waals surface area contributed by atoms with Gasteiger partial charge in [0.1, 0.15) is 5.60 Å². The van der Waals surface area contributed by atoms with Crippen molar-refractivity contribution in [2.75, 3.05) is 6.54 Å². The van der Waals surface area contributed by atoms with E-state index < -0.39 is 11.7 Å². The standard InChI is InChI=1S/C13H21NO3/c1-6-10-7-11(9(2)15)14(8-10)12(16)17-13(3,4)5/h6,11H,7-8H2,1-5H3/b10-6+/t11-/m0/s1. The van der Waals surface area contributed by atoms with Gasteiger partial charge in [-0.25, -0.2) is 4.79 Å². The fourth-order valence-electron chi connectivity index (χ4n) is 1.84.